The molecule has 7 heteroatoms. The molecule has 0 spiro atoms. The number of hydrogen-bond donors (Lipinski definition) is 2. The third-order valence-corrected chi connectivity index (χ3v) is 3.54. The van der Waals surface area contributed by atoms with Crippen LogP contribution in [0.25, 0.3) is 0 Å². The largest absolute Gasteiger partial charge is 0.388 e. The summed E-state index contributed by atoms with van der Waals surface area (Å²) in [6, 6.07) is 0. The summed E-state index contributed by atoms with van der Waals surface area (Å²) in [5.41, 5.74) is -0.785. The van der Waals surface area contributed by atoms with E-state index in [-0.39, 0.29) is 5.28 Å². The first kappa shape index (κ1) is 14.3. The Morgan fingerprint density at radius 3 is 2.63 bits per heavy atom. The van der Waals surface area contributed by atoms with Crippen molar-refractivity contribution >= 4 is 23.5 Å². The fourth-order valence-corrected chi connectivity index (χ4v) is 2.03. The Kier molecular flexibility index (Phi) is 4.42. The third kappa shape index (κ3) is 3.91. The Balaban J connectivity index is 2.08. The van der Waals surface area contributed by atoms with Crippen molar-refractivity contribution in [2.24, 2.45) is 0 Å². The van der Waals surface area contributed by atoms with E-state index in [1.807, 2.05) is 6.92 Å². The highest BCUT2D eigenvalue weighted by Crippen LogP contribution is 2.19. The Hall–Kier alpha value is -1.14. The molecule has 0 amide bonds. The molecule has 1 unspecified atom stereocenters. The van der Waals surface area contributed by atoms with E-state index in [0.717, 1.165) is 25.9 Å². The molecule has 0 saturated carbocycles. The van der Waals surface area contributed by atoms with Gasteiger partial charge >= 0.3 is 0 Å². The Labute approximate surface area is 118 Å². The van der Waals surface area contributed by atoms with Crippen molar-refractivity contribution in [3.05, 3.63) is 5.28 Å². The smallest absolute Gasteiger partial charge is 0.231 e. The number of aliphatic hydroxyl groups is 1. The van der Waals surface area contributed by atoms with E-state index in [1.165, 1.54) is 0 Å². The second-order valence-corrected chi connectivity index (χ2v) is 5.46. The average molecular weight is 286 g/mol. The Morgan fingerprint density at radius 1 is 1.32 bits per heavy atom. The maximum Gasteiger partial charge on any atom is 0.231 e. The van der Waals surface area contributed by atoms with Gasteiger partial charge in [-0.25, -0.2) is 0 Å². The van der Waals surface area contributed by atoms with Crippen molar-refractivity contribution in [2.75, 3.05) is 29.9 Å². The van der Waals surface area contributed by atoms with Gasteiger partial charge in [-0.2, -0.15) is 15.0 Å². The van der Waals surface area contributed by atoms with Crippen LogP contribution >= 0.6 is 11.6 Å². The SMILES string of the molecule is CCC(C)(O)CNc1nc(Cl)nc(N2CCCC2)n1. The normalized spacial score (nSPS) is 18.4. The van der Waals surface area contributed by atoms with Crippen molar-refractivity contribution in [3.63, 3.8) is 0 Å². The van der Waals surface area contributed by atoms with Crippen LogP contribution in [0.5, 0.6) is 0 Å². The molecule has 19 heavy (non-hydrogen) atoms. The predicted molar refractivity (Wildman–Crippen MR) is 75.7 cm³/mol. The average Bonchev–Trinajstić information content (AvgIpc) is 2.90. The highest BCUT2D eigenvalue weighted by molar-refractivity contribution is 6.28. The van der Waals surface area contributed by atoms with Crippen LogP contribution in [-0.4, -0.2) is 45.3 Å². The molecular weight excluding hydrogens is 266 g/mol. The van der Waals surface area contributed by atoms with Gasteiger partial charge in [0.2, 0.25) is 17.2 Å². The molecule has 6 nitrogen and oxygen atoms in total. The highest BCUT2D eigenvalue weighted by Gasteiger charge is 2.20. The van der Waals surface area contributed by atoms with E-state index in [1.54, 1.807) is 6.92 Å². The van der Waals surface area contributed by atoms with Crippen molar-refractivity contribution < 1.29 is 5.11 Å². The van der Waals surface area contributed by atoms with Crippen LogP contribution in [0.3, 0.4) is 0 Å². The van der Waals surface area contributed by atoms with Gasteiger partial charge in [0, 0.05) is 19.6 Å². The molecule has 2 N–H and O–H groups in total. The maximum absolute atomic E-state index is 9.96. The fourth-order valence-electron chi connectivity index (χ4n) is 1.87. The van der Waals surface area contributed by atoms with E-state index in [9.17, 15) is 5.11 Å². The lowest BCUT2D eigenvalue weighted by molar-refractivity contribution is 0.0695. The zero-order valence-corrected chi connectivity index (χ0v) is 12.1. The number of halogens is 1. The molecule has 2 heterocycles. The van der Waals surface area contributed by atoms with Gasteiger partial charge in [0.25, 0.3) is 0 Å². The van der Waals surface area contributed by atoms with Crippen molar-refractivity contribution in [1.29, 1.82) is 0 Å². The first-order chi connectivity index (χ1) is 9.00. The molecule has 1 aromatic rings. The number of aromatic nitrogens is 3. The minimum Gasteiger partial charge on any atom is -0.388 e. The van der Waals surface area contributed by atoms with E-state index in [2.05, 4.69) is 25.2 Å². The summed E-state index contributed by atoms with van der Waals surface area (Å²) in [4.78, 5) is 14.6. The summed E-state index contributed by atoms with van der Waals surface area (Å²) in [6.45, 7) is 5.98. The molecule has 1 aliphatic rings. The van der Waals surface area contributed by atoms with Crippen molar-refractivity contribution in [2.45, 2.75) is 38.7 Å². The first-order valence-electron chi connectivity index (χ1n) is 6.63. The zero-order chi connectivity index (χ0) is 13.9. The molecule has 1 saturated heterocycles. The minimum absolute atomic E-state index is 0.176. The molecule has 1 fully saturated rings. The Morgan fingerprint density at radius 2 is 2.00 bits per heavy atom. The van der Waals surface area contributed by atoms with Crippen LogP contribution in [0.1, 0.15) is 33.1 Å². The fraction of sp³-hybridized carbons (Fsp3) is 0.750. The van der Waals surface area contributed by atoms with Gasteiger partial charge < -0.3 is 15.3 Å². The highest BCUT2D eigenvalue weighted by atomic mass is 35.5. The first-order valence-corrected chi connectivity index (χ1v) is 7.01. The van der Waals surface area contributed by atoms with Gasteiger partial charge in [-0.05, 0) is 37.8 Å². The lowest BCUT2D eigenvalue weighted by Crippen LogP contribution is -2.33. The van der Waals surface area contributed by atoms with Crippen LogP contribution in [0.2, 0.25) is 5.28 Å². The summed E-state index contributed by atoms with van der Waals surface area (Å²) in [5.74, 6) is 1.02. The molecule has 0 aliphatic carbocycles. The molecule has 1 aliphatic heterocycles. The number of hydrogen-bond acceptors (Lipinski definition) is 6. The molecule has 0 aromatic carbocycles. The van der Waals surface area contributed by atoms with Crippen LogP contribution in [0.4, 0.5) is 11.9 Å². The zero-order valence-electron chi connectivity index (χ0n) is 11.4. The van der Waals surface area contributed by atoms with Crippen molar-refractivity contribution in [1.82, 2.24) is 15.0 Å². The molecule has 1 atom stereocenters. The molecule has 0 bridgehead atoms. The van der Waals surface area contributed by atoms with Gasteiger partial charge in [0.05, 0.1) is 5.60 Å². The van der Waals surface area contributed by atoms with E-state index >= 15 is 0 Å². The quantitative estimate of drug-likeness (QED) is 0.858. The van der Waals surface area contributed by atoms with Gasteiger partial charge in [-0.15, -0.1) is 0 Å². The summed E-state index contributed by atoms with van der Waals surface area (Å²) in [7, 11) is 0. The summed E-state index contributed by atoms with van der Waals surface area (Å²) >= 11 is 5.92. The minimum atomic E-state index is -0.785. The summed E-state index contributed by atoms with van der Waals surface area (Å²) in [6.07, 6.45) is 2.95. The van der Waals surface area contributed by atoms with E-state index < -0.39 is 5.60 Å². The standard InChI is InChI=1S/C12H20ClN5O/c1-3-12(2,19)8-14-10-15-9(13)16-11(17-10)18-6-4-5-7-18/h19H,3-8H2,1-2H3,(H,14,15,16,17). The second-order valence-electron chi connectivity index (χ2n) is 5.13. The van der Waals surface area contributed by atoms with Crippen molar-refractivity contribution in [3.8, 4) is 0 Å². The van der Waals surface area contributed by atoms with Crippen LogP contribution < -0.4 is 10.2 Å². The number of anilines is 2. The maximum atomic E-state index is 9.96. The molecule has 0 radical (unpaired) electrons. The second kappa shape index (κ2) is 5.88. The van der Waals surface area contributed by atoms with Gasteiger partial charge in [-0.1, -0.05) is 6.92 Å². The summed E-state index contributed by atoms with van der Waals surface area (Å²) in [5, 5.41) is 13.2. The third-order valence-electron chi connectivity index (χ3n) is 3.37. The molecule has 106 valence electrons. The topological polar surface area (TPSA) is 74.2 Å². The number of rotatable bonds is 5. The van der Waals surface area contributed by atoms with Crippen LogP contribution in [-0.2, 0) is 0 Å². The number of nitrogens with one attached hydrogen (secondary N) is 1. The predicted octanol–water partition coefficient (Wildman–Crippen LogP) is 1.70. The summed E-state index contributed by atoms with van der Waals surface area (Å²) < 4.78 is 0. The van der Waals surface area contributed by atoms with Crippen LogP contribution in [0.15, 0.2) is 0 Å². The lowest BCUT2D eigenvalue weighted by atomic mass is 10.0. The monoisotopic (exact) mass is 285 g/mol. The number of nitrogens with zero attached hydrogens (tertiary/aromatic N) is 4. The molecular formula is C12H20ClN5O. The lowest BCUT2D eigenvalue weighted by Gasteiger charge is -2.22. The Bertz CT molecular complexity index is 434. The van der Waals surface area contributed by atoms with E-state index in [0.29, 0.717) is 24.9 Å². The van der Waals surface area contributed by atoms with Gasteiger partial charge in [0.1, 0.15) is 0 Å². The molecule has 2 rings (SSSR count). The molecule has 1 aromatic heterocycles. The van der Waals surface area contributed by atoms with Gasteiger partial charge in [-0.3, -0.25) is 0 Å². The van der Waals surface area contributed by atoms with E-state index in [4.69, 9.17) is 11.6 Å². The van der Waals surface area contributed by atoms with Crippen LogP contribution in [0, 0.1) is 0 Å². The van der Waals surface area contributed by atoms with Gasteiger partial charge in [0.15, 0.2) is 0 Å².